The van der Waals surface area contributed by atoms with Gasteiger partial charge in [-0.25, -0.2) is 9.78 Å². The third-order valence-corrected chi connectivity index (χ3v) is 3.97. The van der Waals surface area contributed by atoms with E-state index in [4.69, 9.17) is 4.74 Å². The second-order valence-corrected chi connectivity index (χ2v) is 6.29. The minimum absolute atomic E-state index is 0.332. The number of aryl methyl sites for hydroxylation is 1. The van der Waals surface area contributed by atoms with E-state index in [9.17, 15) is 18.0 Å². The van der Waals surface area contributed by atoms with Crippen molar-refractivity contribution in [2.75, 3.05) is 7.11 Å². The van der Waals surface area contributed by atoms with Crippen LogP contribution in [0.2, 0.25) is 0 Å². The van der Waals surface area contributed by atoms with E-state index in [-0.39, 0.29) is 0 Å². The number of esters is 1. The molecule has 0 saturated carbocycles. The van der Waals surface area contributed by atoms with Crippen LogP contribution in [-0.2, 0) is 24.4 Å². The maximum atomic E-state index is 12.7. The number of rotatable bonds is 5. The smallest absolute Gasteiger partial charge is 0.416 e. The fourth-order valence-corrected chi connectivity index (χ4v) is 2.57. The van der Waals surface area contributed by atoms with Gasteiger partial charge in [0, 0.05) is 12.6 Å². The molecule has 136 valence electrons. The summed E-state index contributed by atoms with van der Waals surface area (Å²) in [6.07, 6.45) is -2.95. The number of carbonyl (C=O) groups is 1. The van der Waals surface area contributed by atoms with Crippen LogP contribution in [0.15, 0.2) is 24.3 Å². The third kappa shape index (κ3) is 4.21. The maximum Gasteiger partial charge on any atom is 0.416 e. The Balaban J connectivity index is 2.45. The van der Waals surface area contributed by atoms with Gasteiger partial charge in [-0.3, -0.25) is 0 Å². The van der Waals surface area contributed by atoms with Crippen molar-refractivity contribution in [2.24, 2.45) is 13.0 Å². The quantitative estimate of drug-likeness (QED) is 0.744. The summed E-state index contributed by atoms with van der Waals surface area (Å²) >= 11 is 0. The topological polar surface area (TPSA) is 44.1 Å². The van der Waals surface area contributed by atoms with Crippen molar-refractivity contribution in [2.45, 2.75) is 32.9 Å². The molecule has 2 aromatic rings. The Morgan fingerprint density at radius 3 is 2.32 bits per heavy atom. The SMILES string of the molecule is COC(=O)c1c(CCC(C)C)nc(-c2ccc(C(F)(F)F)cc2)n1C. The van der Waals surface area contributed by atoms with Gasteiger partial charge in [-0.1, -0.05) is 26.0 Å². The number of methoxy groups -OCH3 is 1. The molecule has 0 fully saturated rings. The Morgan fingerprint density at radius 1 is 1.24 bits per heavy atom. The van der Waals surface area contributed by atoms with Gasteiger partial charge in [0.15, 0.2) is 5.69 Å². The van der Waals surface area contributed by atoms with Crippen LogP contribution < -0.4 is 0 Å². The molecule has 0 aliphatic rings. The molecule has 0 spiro atoms. The van der Waals surface area contributed by atoms with Crippen LogP contribution >= 0.6 is 0 Å². The predicted octanol–water partition coefficient (Wildman–Crippen LogP) is 4.48. The van der Waals surface area contributed by atoms with Crippen molar-refractivity contribution >= 4 is 5.97 Å². The lowest BCUT2D eigenvalue weighted by molar-refractivity contribution is -0.137. The Labute approximate surface area is 144 Å². The van der Waals surface area contributed by atoms with Gasteiger partial charge in [0.25, 0.3) is 0 Å². The Bertz CT molecular complexity index is 747. The highest BCUT2D eigenvalue weighted by Crippen LogP contribution is 2.31. The zero-order valence-electron chi connectivity index (χ0n) is 14.6. The van der Waals surface area contributed by atoms with Gasteiger partial charge in [0.1, 0.15) is 5.82 Å². The molecule has 4 nitrogen and oxygen atoms in total. The van der Waals surface area contributed by atoms with Crippen molar-refractivity contribution < 1.29 is 22.7 Å². The van der Waals surface area contributed by atoms with Crippen molar-refractivity contribution in [1.82, 2.24) is 9.55 Å². The summed E-state index contributed by atoms with van der Waals surface area (Å²) < 4.78 is 44.5. The molecule has 1 aromatic heterocycles. The molecule has 0 radical (unpaired) electrons. The number of ether oxygens (including phenoxy) is 1. The highest BCUT2D eigenvalue weighted by molar-refractivity contribution is 5.90. The van der Waals surface area contributed by atoms with Gasteiger partial charge < -0.3 is 9.30 Å². The number of benzene rings is 1. The van der Waals surface area contributed by atoms with Gasteiger partial charge in [-0.2, -0.15) is 13.2 Å². The molecule has 0 aliphatic carbocycles. The number of carbonyl (C=O) groups excluding carboxylic acids is 1. The fraction of sp³-hybridized carbons (Fsp3) is 0.444. The fourth-order valence-electron chi connectivity index (χ4n) is 2.57. The Morgan fingerprint density at radius 2 is 1.84 bits per heavy atom. The molecule has 0 atom stereocenters. The first-order valence-electron chi connectivity index (χ1n) is 7.96. The van der Waals surface area contributed by atoms with Crippen LogP contribution in [0.1, 0.15) is 42.0 Å². The van der Waals surface area contributed by atoms with Gasteiger partial charge in [-0.15, -0.1) is 0 Å². The summed E-state index contributed by atoms with van der Waals surface area (Å²) in [5.74, 6) is 0.363. The molecule has 0 N–H and O–H groups in total. The summed E-state index contributed by atoms with van der Waals surface area (Å²) in [6.45, 7) is 4.13. The summed E-state index contributed by atoms with van der Waals surface area (Å²) in [5.41, 5.74) is 0.714. The summed E-state index contributed by atoms with van der Waals surface area (Å²) in [5, 5.41) is 0. The van der Waals surface area contributed by atoms with Gasteiger partial charge >= 0.3 is 12.1 Å². The lowest BCUT2D eigenvalue weighted by atomic mass is 10.1. The van der Waals surface area contributed by atoms with E-state index in [0.717, 1.165) is 18.6 Å². The molecular formula is C18H21F3N2O2. The molecular weight excluding hydrogens is 333 g/mol. The van der Waals surface area contributed by atoms with Crippen molar-refractivity contribution in [3.63, 3.8) is 0 Å². The molecule has 0 saturated heterocycles. The van der Waals surface area contributed by atoms with Crippen LogP contribution in [0.4, 0.5) is 13.2 Å². The van der Waals surface area contributed by atoms with E-state index >= 15 is 0 Å². The number of hydrogen-bond acceptors (Lipinski definition) is 3. The first kappa shape index (κ1) is 19.0. The molecule has 1 aromatic carbocycles. The average Bonchev–Trinajstić information content (AvgIpc) is 2.88. The summed E-state index contributed by atoms with van der Waals surface area (Å²) in [7, 11) is 2.95. The third-order valence-electron chi connectivity index (χ3n) is 3.97. The number of halogens is 3. The maximum absolute atomic E-state index is 12.7. The predicted molar refractivity (Wildman–Crippen MR) is 88.1 cm³/mol. The zero-order chi connectivity index (χ0) is 18.8. The first-order chi connectivity index (χ1) is 11.6. The van der Waals surface area contributed by atoms with Gasteiger partial charge in [-0.05, 0) is 30.9 Å². The first-order valence-corrected chi connectivity index (χ1v) is 7.96. The molecule has 25 heavy (non-hydrogen) atoms. The molecule has 0 bridgehead atoms. The number of aromatic nitrogens is 2. The van der Waals surface area contributed by atoms with Gasteiger partial charge in [0.05, 0.1) is 18.4 Å². The second kappa shape index (κ2) is 7.29. The highest BCUT2D eigenvalue weighted by Gasteiger charge is 2.30. The van der Waals surface area contributed by atoms with E-state index in [1.807, 2.05) is 0 Å². The monoisotopic (exact) mass is 354 g/mol. The van der Waals surface area contributed by atoms with Crippen molar-refractivity contribution in [1.29, 1.82) is 0 Å². The number of nitrogens with zero attached hydrogens (tertiary/aromatic N) is 2. The average molecular weight is 354 g/mol. The molecule has 1 heterocycles. The Kier molecular flexibility index (Phi) is 5.55. The number of alkyl halides is 3. The zero-order valence-corrected chi connectivity index (χ0v) is 14.6. The molecule has 0 amide bonds. The summed E-state index contributed by atoms with van der Waals surface area (Å²) in [4.78, 5) is 16.6. The summed E-state index contributed by atoms with van der Waals surface area (Å²) in [6, 6.07) is 4.74. The van der Waals surface area contributed by atoms with Gasteiger partial charge in [0.2, 0.25) is 0 Å². The van der Waals surface area contributed by atoms with E-state index in [1.165, 1.54) is 19.2 Å². The normalized spacial score (nSPS) is 11.8. The molecule has 0 unspecified atom stereocenters. The van der Waals surface area contributed by atoms with E-state index in [2.05, 4.69) is 18.8 Å². The second-order valence-electron chi connectivity index (χ2n) is 6.29. The van der Waals surface area contributed by atoms with Crippen LogP contribution in [0.25, 0.3) is 11.4 Å². The van der Waals surface area contributed by atoms with E-state index in [0.29, 0.717) is 35.1 Å². The van der Waals surface area contributed by atoms with Crippen LogP contribution in [0.5, 0.6) is 0 Å². The van der Waals surface area contributed by atoms with Crippen LogP contribution in [0, 0.1) is 5.92 Å². The number of imidazole rings is 1. The van der Waals surface area contributed by atoms with Crippen molar-refractivity contribution in [3.05, 3.63) is 41.2 Å². The van der Waals surface area contributed by atoms with E-state index in [1.54, 1.807) is 11.6 Å². The Hall–Kier alpha value is -2.31. The van der Waals surface area contributed by atoms with Crippen molar-refractivity contribution in [3.8, 4) is 11.4 Å². The van der Waals surface area contributed by atoms with Crippen LogP contribution in [-0.4, -0.2) is 22.6 Å². The molecule has 0 aliphatic heterocycles. The lowest BCUT2D eigenvalue weighted by Crippen LogP contribution is -2.11. The highest BCUT2D eigenvalue weighted by atomic mass is 19.4. The number of hydrogen-bond donors (Lipinski definition) is 0. The largest absolute Gasteiger partial charge is 0.464 e. The standard InChI is InChI=1S/C18H21F3N2O2/c1-11(2)5-10-14-15(17(24)25-4)23(3)16(22-14)12-6-8-13(9-7-12)18(19,20)21/h6-9,11H,5,10H2,1-4H3. The minimum atomic E-state index is -4.39. The minimum Gasteiger partial charge on any atom is -0.464 e. The van der Waals surface area contributed by atoms with Crippen LogP contribution in [0.3, 0.4) is 0 Å². The molecule has 2 rings (SSSR count). The molecule has 7 heteroatoms. The lowest BCUT2D eigenvalue weighted by Gasteiger charge is -2.08. The van der Waals surface area contributed by atoms with E-state index < -0.39 is 17.7 Å².